The van der Waals surface area contributed by atoms with Crippen LogP contribution in [-0.2, 0) is 11.2 Å². The second kappa shape index (κ2) is 6.33. The van der Waals surface area contributed by atoms with Crippen LogP contribution >= 0.6 is 22.9 Å². The van der Waals surface area contributed by atoms with E-state index in [-0.39, 0.29) is 5.91 Å². The van der Waals surface area contributed by atoms with Gasteiger partial charge in [-0.25, -0.2) is 5.43 Å². The number of carbonyl (C=O) groups is 1. The number of hydrazone groups is 1. The molecule has 1 aromatic heterocycles. The number of carbonyl (C=O) groups excluding carboxylic acids is 1. The first-order valence-corrected chi connectivity index (χ1v) is 6.59. The van der Waals surface area contributed by atoms with E-state index in [1.54, 1.807) is 29.7 Å². The van der Waals surface area contributed by atoms with Crippen molar-refractivity contribution in [3.05, 3.63) is 57.2 Å². The third-order valence-corrected chi connectivity index (χ3v) is 3.28. The van der Waals surface area contributed by atoms with Gasteiger partial charge in [-0.3, -0.25) is 4.79 Å². The zero-order valence-corrected chi connectivity index (χ0v) is 11.0. The predicted octanol–water partition coefficient (Wildman–Crippen LogP) is 3.09. The average Bonchev–Trinajstić information content (AvgIpc) is 2.82. The predicted molar refractivity (Wildman–Crippen MR) is 75.2 cm³/mol. The van der Waals surface area contributed by atoms with Crippen LogP contribution in [0.2, 0.25) is 5.02 Å². The Bertz CT molecular complexity index is 552. The van der Waals surface area contributed by atoms with E-state index in [1.807, 2.05) is 29.6 Å². The fourth-order valence-corrected chi connectivity index (χ4v) is 2.28. The summed E-state index contributed by atoms with van der Waals surface area (Å²) in [5.41, 5.74) is 3.33. The molecule has 1 N–H and O–H groups in total. The van der Waals surface area contributed by atoms with Crippen LogP contribution in [0.15, 0.2) is 46.9 Å². The van der Waals surface area contributed by atoms with Crippen LogP contribution in [0.25, 0.3) is 0 Å². The molecule has 2 rings (SSSR count). The summed E-state index contributed by atoms with van der Waals surface area (Å²) < 4.78 is 0. The summed E-state index contributed by atoms with van der Waals surface area (Å²) >= 11 is 7.39. The molecule has 0 atom stereocenters. The molecule has 18 heavy (non-hydrogen) atoms. The van der Waals surface area contributed by atoms with E-state index < -0.39 is 0 Å². The largest absolute Gasteiger partial charge is 0.273 e. The van der Waals surface area contributed by atoms with Crippen molar-refractivity contribution in [2.75, 3.05) is 0 Å². The number of amides is 1. The summed E-state index contributed by atoms with van der Waals surface area (Å²) in [5.74, 6) is -0.129. The molecule has 2 aromatic rings. The lowest BCUT2D eigenvalue weighted by Crippen LogP contribution is -2.19. The number of nitrogens with one attached hydrogen (secondary N) is 1. The average molecular weight is 279 g/mol. The number of hydrogen-bond donors (Lipinski definition) is 1. The highest BCUT2D eigenvalue weighted by Crippen LogP contribution is 2.09. The molecule has 0 aliphatic rings. The second-order valence-corrected chi connectivity index (χ2v) is 5.07. The molecular weight excluding hydrogens is 268 g/mol. The SMILES string of the molecule is O=C(Cc1cccs1)N/N=C/c1cccc(Cl)c1. The zero-order chi connectivity index (χ0) is 12.8. The van der Waals surface area contributed by atoms with E-state index in [9.17, 15) is 4.79 Å². The molecule has 0 radical (unpaired) electrons. The molecule has 0 spiro atoms. The molecule has 1 aromatic carbocycles. The minimum Gasteiger partial charge on any atom is -0.273 e. The summed E-state index contributed by atoms with van der Waals surface area (Å²) in [5, 5.41) is 6.47. The van der Waals surface area contributed by atoms with Crippen molar-refractivity contribution < 1.29 is 4.79 Å². The van der Waals surface area contributed by atoms with E-state index in [1.165, 1.54) is 0 Å². The summed E-state index contributed by atoms with van der Waals surface area (Å²) in [7, 11) is 0. The molecule has 0 aliphatic heterocycles. The Balaban J connectivity index is 1.86. The lowest BCUT2D eigenvalue weighted by molar-refractivity contribution is -0.120. The van der Waals surface area contributed by atoms with E-state index in [0.717, 1.165) is 10.4 Å². The second-order valence-electron chi connectivity index (χ2n) is 3.60. The van der Waals surface area contributed by atoms with Gasteiger partial charge in [0, 0.05) is 9.90 Å². The number of rotatable bonds is 4. The van der Waals surface area contributed by atoms with Gasteiger partial charge in [0.25, 0.3) is 0 Å². The van der Waals surface area contributed by atoms with Crippen LogP contribution in [0.5, 0.6) is 0 Å². The Hall–Kier alpha value is -1.65. The van der Waals surface area contributed by atoms with E-state index in [2.05, 4.69) is 10.5 Å². The lowest BCUT2D eigenvalue weighted by atomic mass is 10.2. The Kier molecular flexibility index (Phi) is 4.50. The van der Waals surface area contributed by atoms with E-state index >= 15 is 0 Å². The van der Waals surface area contributed by atoms with Crippen molar-refractivity contribution in [2.24, 2.45) is 5.10 Å². The fraction of sp³-hybridized carbons (Fsp3) is 0.0769. The molecule has 0 fully saturated rings. The lowest BCUT2D eigenvalue weighted by Gasteiger charge is -1.97. The van der Waals surface area contributed by atoms with Gasteiger partial charge in [0.05, 0.1) is 12.6 Å². The molecule has 3 nitrogen and oxygen atoms in total. The van der Waals surface area contributed by atoms with Crippen molar-refractivity contribution >= 4 is 35.1 Å². The Morgan fingerprint density at radius 2 is 2.28 bits per heavy atom. The topological polar surface area (TPSA) is 41.5 Å². The number of benzene rings is 1. The van der Waals surface area contributed by atoms with Crippen LogP contribution < -0.4 is 5.43 Å². The van der Waals surface area contributed by atoms with Crippen LogP contribution in [0, 0.1) is 0 Å². The van der Waals surface area contributed by atoms with E-state index in [4.69, 9.17) is 11.6 Å². The van der Waals surface area contributed by atoms with Gasteiger partial charge in [-0.2, -0.15) is 5.10 Å². The molecule has 92 valence electrons. The summed E-state index contributed by atoms with van der Waals surface area (Å²) in [6.45, 7) is 0. The first-order valence-electron chi connectivity index (χ1n) is 5.34. The minimum atomic E-state index is -0.129. The third-order valence-electron chi connectivity index (χ3n) is 2.17. The maximum absolute atomic E-state index is 11.5. The van der Waals surface area contributed by atoms with Crippen LogP contribution in [0.1, 0.15) is 10.4 Å². The fourth-order valence-electron chi connectivity index (χ4n) is 1.38. The molecule has 0 saturated heterocycles. The van der Waals surface area contributed by atoms with Gasteiger partial charge in [-0.15, -0.1) is 11.3 Å². The molecule has 0 saturated carbocycles. The van der Waals surface area contributed by atoms with Crippen molar-refractivity contribution in [2.45, 2.75) is 6.42 Å². The highest BCUT2D eigenvalue weighted by Gasteiger charge is 2.01. The molecule has 1 amide bonds. The van der Waals surface area contributed by atoms with Gasteiger partial charge < -0.3 is 0 Å². The molecule has 0 bridgehead atoms. The van der Waals surface area contributed by atoms with Crippen LogP contribution in [0.3, 0.4) is 0 Å². The zero-order valence-electron chi connectivity index (χ0n) is 9.47. The highest BCUT2D eigenvalue weighted by molar-refractivity contribution is 7.10. The third kappa shape index (κ3) is 3.98. The summed E-state index contributed by atoms with van der Waals surface area (Å²) in [6, 6.07) is 11.1. The summed E-state index contributed by atoms with van der Waals surface area (Å²) in [6.07, 6.45) is 1.92. The van der Waals surface area contributed by atoms with E-state index in [0.29, 0.717) is 11.4 Å². The highest BCUT2D eigenvalue weighted by atomic mass is 35.5. The molecule has 5 heteroatoms. The van der Waals surface area contributed by atoms with Gasteiger partial charge in [-0.05, 0) is 29.1 Å². The Morgan fingerprint density at radius 3 is 3.00 bits per heavy atom. The summed E-state index contributed by atoms with van der Waals surface area (Å²) in [4.78, 5) is 12.5. The van der Waals surface area contributed by atoms with Gasteiger partial charge in [-0.1, -0.05) is 29.8 Å². The van der Waals surface area contributed by atoms with Crippen molar-refractivity contribution in [3.8, 4) is 0 Å². The normalized spacial score (nSPS) is 10.7. The van der Waals surface area contributed by atoms with Crippen LogP contribution in [0.4, 0.5) is 0 Å². The first kappa shape index (κ1) is 12.8. The van der Waals surface area contributed by atoms with Crippen molar-refractivity contribution in [1.29, 1.82) is 0 Å². The first-order chi connectivity index (χ1) is 8.74. The van der Waals surface area contributed by atoms with Crippen molar-refractivity contribution in [3.63, 3.8) is 0 Å². The number of thiophene rings is 1. The Morgan fingerprint density at radius 1 is 1.39 bits per heavy atom. The monoisotopic (exact) mass is 278 g/mol. The molecule has 0 unspecified atom stereocenters. The Labute approximate surface area is 114 Å². The number of nitrogens with zero attached hydrogens (tertiary/aromatic N) is 1. The maximum Gasteiger partial charge on any atom is 0.245 e. The number of halogens is 1. The minimum absolute atomic E-state index is 0.129. The quantitative estimate of drug-likeness (QED) is 0.678. The molecule has 1 heterocycles. The number of hydrogen-bond acceptors (Lipinski definition) is 3. The molecular formula is C13H11ClN2OS. The standard InChI is InChI=1S/C13H11ClN2OS/c14-11-4-1-3-10(7-11)9-15-16-13(17)8-12-5-2-6-18-12/h1-7,9H,8H2,(H,16,17)/b15-9+. The van der Waals surface area contributed by atoms with Gasteiger partial charge in [0.1, 0.15) is 0 Å². The van der Waals surface area contributed by atoms with Gasteiger partial charge >= 0.3 is 0 Å². The van der Waals surface area contributed by atoms with Gasteiger partial charge in [0.15, 0.2) is 0 Å². The smallest absolute Gasteiger partial charge is 0.245 e. The van der Waals surface area contributed by atoms with Crippen molar-refractivity contribution in [1.82, 2.24) is 5.43 Å². The van der Waals surface area contributed by atoms with Crippen LogP contribution in [-0.4, -0.2) is 12.1 Å². The maximum atomic E-state index is 11.5. The molecule has 0 aliphatic carbocycles. The van der Waals surface area contributed by atoms with Gasteiger partial charge in [0.2, 0.25) is 5.91 Å².